The number of nitrogens with one attached hydrogen (secondary N) is 1. The number of aliphatic carboxylic acids is 1. The van der Waals surface area contributed by atoms with Crippen molar-refractivity contribution in [3.05, 3.63) is 0 Å². The van der Waals surface area contributed by atoms with E-state index >= 15 is 0 Å². The lowest BCUT2D eigenvalue weighted by molar-refractivity contribution is -0.305. The molecule has 1 aliphatic carbocycles. The van der Waals surface area contributed by atoms with Gasteiger partial charge in [0.1, 0.15) is 5.54 Å². The van der Waals surface area contributed by atoms with E-state index in [1.807, 2.05) is 0 Å². The number of carbonyl (C=O) groups is 3. The van der Waals surface area contributed by atoms with Crippen molar-refractivity contribution in [3.63, 3.8) is 0 Å². The van der Waals surface area contributed by atoms with Crippen molar-refractivity contribution >= 4 is 17.9 Å². The van der Waals surface area contributed by atoms with Crippen LogP contribution in [0.4, 0.5) is 4.79 Å². The molecule has 1 spiro atoms. The average molecular weight is 253 g/mol. The van der Waals surface area contributed by atoms with Gasteiger partial charge in [-0.2, -0.15) is 0 Å². The Morgan fingerprint density at radius 2 is 2.06 bits per heavy atom. The molecule has 2 rings (SSSR count). The fraction of sp³-hybridized carbons (Fsp3) is 0.750. The first-order valence-electron chi connectivity index (χ1n) is 6.32. The predicted octanol–water partition coefficient (Wildman–Crippen LogP) is -0.373. The zero-order valence-electron chi connectivity index (χ0n) is 10.4. The monoisotopic (exact) mass is 253 g/mol. The van der Waals surface area contributed by atoms with Crippen LogP contribution in [0.15, 0.2) is 0 Å². The number of urea groups is 1. The summed E-state index contributed by atoms with van der Waals surface area (Å²) in [4.78, 5) is 35.1. The fourth-order valence-electron chi connectivity index (χ4n) is 2.87. The minimum absolute atomic E-state index is 0.411. The van der Waals surface area contributed by atoms with Crippen molar-refractivity contribution < 1.29 is 19.5 Å². The summed E-state index contributed by atoms with van der Waals surface area (Å²) in [5.74, 6) is -1.24. The summed E-state index contributed by atoms with van der Waals surface area (Å²) in [6, 6.07) is -0.612. The molecule has 18 heavy (non-hydrogen) atoms. The topological polar surface area (TPSA) is 89.5 Å². The number of nitrogens with zero attached hydrogens (tertiary/aromatic N) is 1. The van der Waals surface area contributed by atoms with Crippen molar-refractivity contribution in [2.45, 2.75) is 44.6 Å². The first-order chi connectivity index (χ1) is 8.48. The second-order valence-electron chi connectivity index (χ2n) is 5.13. The molecule has 2 aliphatic rings. The Kier molecular flexibility index (Phi) is 3.28. The number of hydrogen-bond donors (Lipinski definition) is 1. The number of imide groups is 1. The number of carboxylic acid groups (broad SMARTS) is 1. The number of rotatable bonds is 3. The van der Waals surface area contributed by atoms with E-state index in [9.17, 15) is 19.5 Å². The van der Waals surface area contributed by atoms with E-state index in [0.717, 1.165) is 24.2 Å². The van der Waals surface area contributed by atoms with Gasteiger partial charge in [-0.3, -0.25) is 9.69 Å². The van der Waals surface area contributed by atoms with Gasteiger partial charge in [0.05, 0.1) is 12.5 Å². The Morgan fingerprint density at radius 1 is 1.44 bits per heavy atom. The third-order valence-corrected chi connectivity index (χ3v) is 4.07. The van der Waals surface area contributed by atoms with Crippen LogP contribution < -0.4 is 10.4 Å². The highest BCUT2D eigenvalue weighted by Crippen LogP contribution is 2.37. The molecule has 0 aromatic rings. The minimum atomic E-state index is -1.42. The molecule has 0 atom stereocenters. The van der Waals surface area contributed by atoms with Crippen LogP contribution in [0.3, 0.4) is 0 Å². The molecule has 0 aromatic heterocycles. The first-order valence-corrected chi connectivity index (χ1v) is 6.32. The smallest absolute Gasteiger partial charge is 0.325 e. The summed E-state index contributed by atoms with van der Waals surface area (Å²) in [5.41, 5.74) is -0.863. The molecule has 0 aromatic carbocycles. The molecular weight excluding hydrogens is 236 g/mol. The predicted molar refractivity (Wildman–Crippen MR) is 60.2 cm³/mol. The Bertz CT molecular complexity index is 386. The minimum Gasteiger partial charge on any atom is -0.548 e. The number of carbonyl (C=O) groups excluding carboxylic acids is 3. The molecular formula is C12H17N2O4-. The van der Waals surface area contributed by atoms with Crippen molar-refractivity contribution in [3.8, 4) is 0 Å². The molecule has 1 aliphatic heterocycles. The van der Waals surface area contributed by atoms with Crippen LogP contribution in [0.2, 0.25) is 0 Å². The van der Waals surface area contributed by atoms with Gasteiger partial charge in [0.15, 0.2) is 0 Å². The SMILES string of the molecule is CCC1CCC2(CC1)NC(=O)N(CC(=O)[O-])C2=O. The molecule has 6 nitrogen and oxygen atoms in total. The molecule has 1 saturated carbocycles. The third kappa shape index (κ3) is 2.07. The van der Waals surface area contributed by atoms with Gasteiger partial charge in [-0.05, 0) is 31.6 Å². The van der Waals surface area contributed by atoms with Gasteiger partial charge in [0.2, 0.25) is 0 Å². The van der Waals surface area contributed by atoms with Gasteiger partial charge in [-0.25, -0.2) is 4.79 Å². The van der Waals surface area contributed by atoms with Crippen LogP contribution in [-0.4, -0.2) is 34.9 Å². The zero-order valence-corrected chi connectivity index (χ0v) is 10.4. The summed E-state index contributed by atoms with van der Waals surface area (Å²) in [6.45, 7) is 1.45. The van der Waals surface area contributed by atoms with E-state index in [2.05, 4.69) is 12.2 Å². The normalized spacial score (nSPS) is 31.8. The van der Waals surface area contributed by atoms with Crippen LogP contribution in [0, 0.1) is 5.92 Å². The lowest BCUT2D eigenvalue weighted by Gasteiger charge is -2.34. The third-order valence-electron chi connectivity index (χ3n) is 4.07. The van der Waals surface area contributed by atoms with E-state index in [0.29, 0.717) is 18.8 Å². The maximum Gasteiger partial charge on any atom is 0.325 e. The molecule has 2 fully saturated rings. The summed E-state index contributed by atoms with van der Waals surface area (Å²) >= 11 is 0. The van der Waals surface area contributed by atoms with Crippen molar-refractivity contribution in [2.75, 3.05) is 6.54 Å². The molecule has 1 N–H and O–H groups in total. The second-order valence-corrected chi connectivity index (χ2v) is 5.13. The van der Waals surface area contributed by atoms with Gasteiger partial charge >= 0.3 is 6.03 Å². The molecule has 3 amide bonds. The highest BCUT2D eigenvalue weighted by atomic mass is 16.4. The largest absolute Gasteiger partial charge is 0.548 e. The summed E-state index contributed by atoms with van der Waals surface area (Å²) in [5, 5.41) is 13.2. The second kappa shape index (κ2) is 4.59. The zero-order chi connectivity index (χ0) is 13.3. The van der Waals surface area contributed by atoms with E-state index in [4.69, 9.17) is 0 Å². The van der Waals surface area contributed by atoms with E-state index < -0.39 is 30.0 Å². The Hall–Kier alpha value is -1.59. The van der Waals surface area contributed by atoms with Gasteiger partial charge in [-0.1, -0.05) is 13.3 Å². The molecule has 6 heteroatoms. The quantitative estimate of drug-likeness (QED) is 0.695. The lowest BCUT2D eigenvalue weighted by atomic mass is 9.75. The van der Waals surface area contributed by atoms with Gasteiger partial charge in [0.25, 0.3) is 5.91 Å². The number of hydrogen-bond acceptors (Lipinski definition) is 4. The lowest BCUT2D eigenvalue weighted by Crippen LogP contribution is -2.50. The summed E-state index contributed by atoms with van der Waals surface area (Å²) in [7, 11) is 0. The molecule has 0 radical (unpaired) electrons. The standard InChI is InChI=1S/C12H18N2O4/c1-2-8-3-5-12(6-4-8)10(17)14(7-9(15)16)11(18)13-12/h8H,2-7H2,1H3,(H,13,18)(H,15,16)/p-1. The summed E-state index contributed by atoms with van der Waals surface area (Å²) < 4.78 is 0. The van der Waals surface area contributed by atoms with Crippen LogP contribution in [0.5, 0.6) is 0 Å². The maximum atomic E-state index is 12.2. The number of carboxylic acids is 1. The molecule has 0 unspecified atom stereocenters. The average Bonchev–Trinajstić information content (AvgIpc) is 2.55. The van der Waals surface area contributed by atoms with Crippen LogP contribution >= 0.6 is 0 Å². The molecule has 100 valence electrons. The molecule has 0 bridgehead atoms. The van der Waals surface area contributed by atoms with Gasteiger partial charge in [0, 0.05) is 0 Å². The maximum absolute atomic E-state index is 12.2. The van der Waals surface area contributed by atoms with E-state index in [1.54, 1.807) is 0 Å². The van der Waals surface area contributed by atoms with Gasteiger partial charge < -0.3 is 15.2 Å². The van der Waals surface area contributed by atoms with E-state index in [-0.39, 0.29) is 0 Å². The molecule has 1 saturated heterocycles. The summed E-state index contributed by atoms with van der Waals surface area (Å²) in [6.07, 6.45) is 4.05. The van der Waals surface area contributed by atoms with Crippen molar-refractivity contribution in [1.29, 1.82) is 0 Å². The first kappa shape index (κ1) is 12.9. The van der Waals surface area contributed by atoms with Crippen LogP contribution in [0.1, 0.15) is 39.0 Å². The van der Waals surface area contributed by atoms with Crippen molar-refractivity contribution in [2.24, 2.45) is 5.92 Å². The molecule has 1 heterocycles. The van der Waals surface area contributed by atoms with Crippen LogP contribution in [0.25, 0.3) is 0 Å². The fourth-order valence-corrected chi connectivity index (χ4v) is 2.87. The highest BCUT2D eigenvalue weighted by Gasteiger charge is 2.52. The van der Waals surface area contributed by atoms with Gasteiger partial charge in [-0.15, -0.1) is 0 Å². The van der Waals surface area contributed by atoms with Crippen molar-refractivity contribution in [1.82, 2.24) is 10.2 Å². The number of amides is 3. The van der Waals surface area contributed by atoms with E-state index in [1.165, 1.54) is 0 Å². The Labute approximate surface area is 105 Å². The Balaban J connectivity index is 2.10. The van der Waals surface area contributed by atoms with Crippen LogP contribution in [-0.2, 0) is 9.59 Å². The highest BCUT2D eigenvalue weighted by molar-refractivity contribution is 6.08. The Morgan fingerprint density at radius 3 is 2.56 bits per heavy atom.